The van der Waals surface area contributed by atoms with Crippen molar-refractivity contribution < 1.29 is 9.53 Å². The Kier molecular flexibility index (Phi) is 5.86. The second kappa shape index (κ2) is 8.73. The van der Waals surface area contributed by atoms with Crippen LogP contribution in [0.15, 0.2) is 60.0 Å². The molecular formula is C24H24N4O2S. The number of rotatable bonds is 6. The van der Waals surface area contributed by atoms with E-state index in [4.69, 9.17) is 9.72 Å². The van der Waals surface area contributed by atoms with E-state index < -0.39 is 0 Å². The molecule has 0 radical (unpaired) electrons. The van der Waals surface area contributed by atoms with Gasteiger partial charge in [0.15, 0.2) is 0 Å². The van der Waals surface area contributed by atoms with Crippen molar-refractivity contribution in [3.63, 3.8) is 0 Å². The van der Waals surface area contributed by atoms with Crippen molar-refractivity contribution in [3.05, 3.63) is 76.8 Å². The lowest BCUT2D eigenvalue weighted by molar-refractivity contribution is 0.102. The molecule has 0 unspecified atom stereocenters. The van der Waals surface area contributed by atoms with Gasteiger partial charge in [-0.05, 0) is 52.0 Å². The highest BCUT2D eigenvalue weighted by atomic mass is 32.1. The van der Waals surface area contributed by atoms with Crippen molar-refractivity contribution in [2.75, 3.05) is 5.32 Å². The number of carbonyl (C=O) groups excluding carboxylic acids is 1. The standard InChI is InChI=1S/C24H24N4O2S/c1-15(2)30-20-11-9-19(10-12-20)23(29)26-22-13-17(4)27-28(22)24-25-21(14-31-24)18-7-5-16(3)6-8-18/h5-15H,1-4H3,(H,26,29). The summed E-state index contributed by atoms with van der Waals surface area (Å²) in [6.07, 6.45) is 0.0834. The summed E-state index contributed by atoms with van der Waals surface area (Å²) in [4.78, 5) is 17.5. The van der Waals surface area contributed by atoms with Gasteiger partial charge in [0.2, 0.25) is 5.13 Å². The van der Waals surface area contributed by atoms with Gasteiger partial charge in [-0.3, -0.25) is 4.79 Å². The Morgan fingerprint density at radius 3 is 2.45 bits per heavy atom. The van der Waals surface area contributed by atoms with Gasteiger partial charge in [-0.15, -0.1) is 11.3 Å². The fourth-order valence-corrected chi connectivity index (χ4v) is 3.89. The monoisotopic (exact) mass is 432 g/mol. The second-order valence-corrected chi connectivity index (χ2v) is 8.45. The van der Waals surface area contributed by atoms with Crippen molar-refractivity contribution in [1.29, 1.82) is 0 Å². The van der Waals surface area contributed by atoms with E-state index >= 15 is 0 Å². The van der Waals surface area contributed by atoms with Crippen LogP contribution in [0, 0.1) is 13.8 Å². The number of aromatic nitrogens is 3. The number of hydrogen-bond donors (Lipinski definition) is 1. The van der Waals surface area contributed by atoms with E-state index in [0.29, 0.717) is 16.5 Å². The molecule has 0 aliphatic carbocycles. The highest BCUT2D eigenvalue weighted by Crippen LogP contribution is 2.27. The van der Waals surface area contributed by atoms with E-state index in [0.717, 1.165) is 22.7 Å². The Bertz CT molecular complexity index is 1190. The van der Waals surface area contributed by atoms with Crippen molar-refractivity contribution >= 4 is 23.1 Å². The lowest BCUT2D eigenvalue weighted by Gasteiger charge is -2.10. The molecule has 2 aromatic heterocycles. The van der Waals surface area contributed by atoms with Crippen LogP contribution in [0.1, 0.15) is 35.5 Å². The zero-order chi connectivity index (χ0) is 22.0. The minimum Gasteiger partial charge on any atom is -0.491 e. The van der Waals surface area contributed by atoms with Crippen LogP contribution in [0.4, 0.5) is 5.82 Å². The zero-order valence-electron chi connectivity index (χ0n) is 17.9. The van der Waals surface area contributed by atoms with E-state index in [2.05, 4.69) is 41.6 Å². The van der Waals surface area contributed by atoms with Crippen LogP contribution >= 0.6 is 11.3 Å². The zero-order valence-corrected chi connectivity index (χ0v) is 18.7. The molecule has 4 aromatic rings. The Morgan fingerprint density at radius 2 is 1.77 bits per heavy atom. The van der Waals surface area contributed by atoms with Crippen molar-refractivity contribution in [1.82, 2.24) is 14.8 Å². The lowest BCUT2D eigenvalue weighted by Crippen LogP contribution is -2.15. The van der Waals surface area contributed by atoms with Gasteiger partial charge in [0.05, 0.1) is 17.5 Å². The molecule has 0 bridgehead atoms. The van der Waals surface area contributed by atoms with Crippen molar-refractivity contribution in [2.45, 2.75) is 33.8 Å². The number of nitrogens with zero attached hydrogens (tertiary/aromatic N) is 3. The molecule has 2 heterocycles. The lowest BCUT2D eigenvalue weighted by atomic mass is 10.1. The first-order valence-electron chi connectivity index (χ1n) is 10.1. The minimum absolute atomic E-state index is 0.0834. The first kappa shape index (κ1) is 20.8. The van der Waals surface area contributed by atoms with Crippen LogP contribution in [-0.4, -0.2) is 26.8 Å². The van der Waals surface area contributed by atoms with Crippen LogP contribution in [0.3, 0.4) is 0 Å². The third kappa shape index (κ3) is 4.83. The number of benzene rings is 2. The molecule has 0 spiro atoms. The van der Waals surface area contributed by atoms with Gasteiger partial charge in [-0.25, -0.2) is 4.98 Å². The number of hydrogen-bond acceptors (Lipinski definition) is 5. The number of anilines is 1. The minimum atomic E-state index is -0.215. The number of ether oxygens (including phenoxy) is 1. The average molecular weight is 433 g/mol. The number of amides is 1. The normalized spacial score (nSPS) is 11.0. The molecule has 6 nitrogen and oxygen atoms in total. The topological polar surface area (TPSA) is 69.0 Å². The van der Waals surface area contributed by atoms with Gasteiger partial charge >= 0.3 is 0 Å². The van der Waals surface area contributed by atoms with Crippen molar-refractivity contribution in [3.8, 4) is 22.1 Å². The Hall–Kier alpha value is -3.45. The van der Waals surface area contributed by atoms with Gasteiger partial charge in [0.1, 0.15) is 11.6 Å². The van der Waals surface area contributed by atoms with E-state index in [1.807, 2.05) is 32.2 Å². The van der Waals surface area contributed by atoms with Gasteiger partial charge in [-0.1, -0.05) is 29.8 Å². The molecule has 0 saturated carbocycles. The summed E-state index contributed by atoms with van der Waals surface area (Å²) in [7, 11) is 0. The molecule has 0 fully saturated rings. The van der Waals surface area contributed by atoms with Gasteiger partial charge in [0.25, 0.3) is 5.91 Å². The highest BCUT2D eigenvalue weighted by molar-refractivity contribution is 7.12. The molecule has 7 heteroatoms. The maximum Gasteiger partial charge on any atom is 0.256 e. The summed E-state index contributed by atoms with van der Waals surface area (Å²) >= 11 is 1.48. The smallest absolute Gasteiger partial charge is 0.256 e. The van der Waals surface area contributed by atoms with E-state index in [1.54, 1.807) is 28.9 Å². The fraction of sp³-hybridized carbons (Fsp3) is 0.208. The van der Waals surface area contributed by atoms with Crippen LogP contribution < -0.4 is 10.1 Å². The molecule has 0 saturated heterocycles. The molecule has 1 amide bonds. The number of carbonyl (C=O) groups is 1. The number of thiazole rings is 1. The number of nitrogens with one attached hydrogen (secondary N) is 1. The van der Waals surface area contributed by atoms with Crippen LogP contribution in [0.2, 0.25) is 0 Å². The molecule has 2 aromatic carbocycles. The second-order valence-electron chi connectivity index (χ2n) is 7.61. The number of aryl methyl sites for hydroxylation is 2. The van der Waals surface area contributed by atoms with Crippen LogP contribution in [-0.2, 0) is 0 Å². The predicted octanol–water partition coefficient (Wildman–Crippen LogP) is 5.65. The average Bonchev–Trinajstić information content (AvgIpc) is 3.35. The summed E-state index contributed by atoms with van der Waals surface area (Å²) < 4.78 is 7.31. The summed E-state index contributed by atoms with van der Waals surface area (Å²) in [6.45, 7) is 7.88. The van der Waals surface area contributed by atoms with Gasteiger partial charge < -0.3 is 10.1 Å². The van der Waals surface area contributed by atoms with E-state index in [1.165, 1.54) is 16.9 Å². The maximum absolute atomic E-state index is 12.8. The molecule has 0 aliphatic heterocycles. The molecule has 4 rings (SSSR count). The quantitative estimate of drug-likeness (QED) is 0.427. The molecule has 0 aliphatic rings. The first-order valence-corrected chi connectivity index (χ1v) is 10.9. The predicted molar refractivity (Wildman–Crippen MR) is 124 cm³/mol. The summed E-state index contributed by atoms with van der Waals surface area (Å²) in [5.41, 5.74) is 4.47. The SMILES string of the molecule is Cc1ccc(-c2csc(-n3nc(C)cc3NC(=O)c3ccc(OC(C)C)cc3)n2)cc1. The van der Waals surface area contributed by atoms with Crippen LogP contribution in [0.25, 0.3) is 16.4 Å². The molecule has 1 N–H and O–H groups in total. The highest BCUT2D eigenvalue weighted by Gasteiger charge is 2.15. The van der Waals surface area contributed by atoms with E-state index in [9.17, 15) is 4.79 Å². The van der Waals surface area contributed by atoms with E-state index in [-0.39, 0.29) is 12.0 Å². The third-order valence-electron chi connectivity index (χ3n) is 4.58. The molecule has 0 atom stereocenters. The Labute approximate surface area is 185 Å². The van der Waals surface area contributed by atoms with Crippen LogP contribution in [0.5, 0.6) is 5.75 Å². The Morgan fingerprint density at radius 1 is 1.06 bits per heavy atom. The molecular weight excluding hydrogens is 408 g/mol. The largest absolute Gasteiger partial charge is 0.491 e. The summed E-state index contributed by atoms with van der Waals surface area (Å²) in [5.74, 6) is 1.10. The first-order chi connectivity index (χ1) is 14.9. The van der Waals surface area contributed by atoms with Gasteiger partial charge in [0, 0.05) is 22.6 Å². The summed E-state index contributed by atoms with van der Waals surface area (Å²) in [5, 5.41) is 10.2. The molecule has 158 valence electrons. The van der Waals surface area contributed by atoms with Gasteiger partial charge in [-0.2, -0.15) is 9.78 Å². The summed E-state index contributed by atoms with van der Waals surface area (Å²) in [6, 6.07) is 17.2. The fourth-order valence-electron chi connectivity index (χ4n) is 3.10. The maximum atomic E-state index is 12.8. The Balaban J connectivity index is 1.55. The van der Waals surface area contributed by atoms with Crippen molar-refractivity contribution in [2.24, 2.45) is 0 Å². The molecule has 31 heavy (non-hydrogen) atoms. The third-order valence-corrected chi connectivity index (χ3v) is 5.40.